The van der Waals surface area contributed by atoms with Gasteiger partial charge in [0.15, 0.2) is 0 Å². The lowest BCUT2D eigenvalue weighted by molar-refractivity contribution is -0.384. The van der Waals surface area contributed by atoms with E-state index in [0.29, 0.717) is 25.7 Å². The van der Waals surface area contributed by atoms with E-state index in [1.165, 1.54) is 38.1 Å². The van der Waals surface area contributed by atoms with E-state index in [1.54, 1.807) is 41.5 Å². The van der Waals surface area contributed by atoms with E-state index in [1.807, 2.05) is 0 Å². The zero-order chi connectivity index (χ0) is 28.9. The zero-order valence-electron chi connectivity index (χ0n) is 23.4. The van der Waals surface area contributed by atoms with E-state index < -0.39 is 47.6 Å². The molecular weight excluding hydrogens is 517 g/mol. The van der Waals surface area contributed by atoms with Crippen LogP contribution in [0.4, 0.5) is 10.5 Å². The smallest absolute Gasteiger partial charge is 0.459 e. The fraction of sp³-hybridized carbons (Fsp3) is 0.680. The number of carbonyl (C=O) groups excluding carboxylic acids is 2. The van der Waals surface area contributed by atoms with Gasteiger partial charge in [-0.15, -0.1) is 0 Å². The van der Waals surface area contributed by atoms with Crippen LogP contribution in [0.2, 0.25) is 0 Å². The van der Waals surface area contributed by atoms with Gasteiger partial charge in [-0.25, -0.2) is 9.36 Å². The molecule has 1 amide bonds. The molecule has 2 N–H and O–H groups in total. The molecule has 0 radical (unpaired) electrons. The van der Waals surface area contributed by atoms with Gasteiger partial charge in [0.05, 0.1) is 11.0 Å². The first-order valence-electron chi connectivity index (χ1n) is 12.5. The van der Waals surface area contributed by atoms with Gasteiger partial charge in [0.2, 0.25) is 0 Å². The molecule has 1 unspecified atom stereocenters. The van der Waals surface area contributed by atoms with Crippen molar-refractivity contribution in [2.75, 3.05) is 0 Å². The number of amides is 1. The van der Waals surface area contributed by atoms with Crippen molar-refractivity contribution in [2.45, 2.75) is 110 Å². The summed E-state index contributed by atoms with van der Waals surface area (Å²) in [6.45, 7) is 13.5. The summed E-state index contributed by atoms with van der Waals surface area (Å²) in [5.74, 6) is -0.599. The first kappa shape index (κ1) is 31.5. The number of benzene rings is 1. The first-order chi connectivity index (χ1) is 17.3. The highest BCUT2D eigenvalue weighted by Gasteiger charge is 2.43. The van der Waals surface area contributed by atoms with Crippen LogP contribution in [-0.2, 0) is 23.4 Å². The van der Waals surface area contributed by atoms with E-state index in [4.69, 9.17) is 18.5 Å². The average Bonchev–Trinajstić information content (AvgIpc) is 2.72. The zero-order valence-corrected chi connectivity index (χ0v) is 24.3. The van der Waals surface area contributed by atoms with Crippen LogP contribution in [0.25, 0.3) is 0 Å². The molecule has 2 rings (SSSR count). The fourth-order valence-electron chi connectivity index (χ4n) is 3.61. The molecule has 0 spiro atoms. The minimum Gasteiger partial charge on any atom is -0.459 e. The molecule has 1 atom stereocenters. The molecule has 0 bridgehead atoms. The average molecular weight is 558 g/mol. The van der Waals surface area contributed by atoms with Crippen molar-refractivity contribution in [3.8, 4) is 5.75 Å². The van der Waals surface area contributed by atoms with Gasteiger partial charge >= 0.3 is 19.8 Å². The molecule has 1 aromatic rings. The summed E-state index contributed by atoms with van der Waals surface area (Å²) in [6.07, 6.45) is 1.02. The summed E-state index contributed by atoms with van der Waals surface area (Å²) in [4.78, 5) is 35.3. The van der Waals surface area contributed by atoms with Crippen molar-refractivity contribution in [3.05, 3.63) is 34.4 Å². The maximum Gasteiger partial charge on any atom is 0.459 e. The number of ether oxygens (including phenoxy) is 2. The second-order valence-electron chi connectivity index (χ2n) is 11.8. The highest BCUT2D eigenvalue weighted by atomic mass is 31.2. The first-order valence-corrected chi connectivity index (χ1v) is 14.1. The molecule has 0 aromatic heterocycles. The highest BCUT2D eigenvalue weighted by molar-refractivity contribution is 7.52. The molecule has 1 fully saturated rings. The Balaban J connectivity index is 2.15. The summed E-state index contributed by atoms with van der Waals surface area (Å²) in [5, 5.41) is 16.5. The van der Waals surface area contributed by atoms with Gasteiger partial charge in [-0.2, -0.15) is 5.09 Å². The van der Waals surface area contributed by atoms with E-state index in [2.05, 4.69) is 10.4 Å². The normalized spacial score (nSPS) is 20.1. The molecule has 0 heterocycles. The number of alkyl carbamates (subject to hydrolysis) is 1. The molecule has 1 aromatic carbocycles. The lowest BCUT2D eigenvalue weighted by atomic mass is 9.93. The number of nitro benzene ring substituents is 1. The molecule has 1 aliphatic carbocycles. The number of nitro groups is 1. The van der Waals surface area contributed by atoms with E-state index >= 15 is 0 Å². The van der Waals surface area contributed by atoms with Gasteiger partial charge in [0, 0.05) is 18.2 Å². The lowest BCUT2D eigenvalue weighted by Gasteiger charge is -2.35. The Morgan fingerprint density at radius 3 is 1.92 bits per heavy atom. The molecule has 214 valence electrons. The number of hydrogen-bond acceptors (Lipinski definition) is 9. The number of esters is 1. The second-order valence-corrected chi connectivity index (χ2v) is 13.4. The summed E-state index contributed by atoms with van der Waals surface area (Å²) in [6, 6.07) is 4.90. The summed E-state index contributed by atoms with van der Waals surface area (Å²) < 4.78 is 36.4. The minimum absolute atomic E-state index is 0.0618. The largest absolute Gasteiger partial charge is 0.459 e. The monoisotopic (exact) mass is 557 g/mol. The van der Waals surface area contributed by atoms with Crippen molar-refractivity contribution >= 4 is 25.5 Å². The molecular formula is C25H40N3O9P. The van der Waals surface area contributed by atoms with Crippen LogP contribution in [0.15, 0.2) is 24.3 Å². The van der Waals surface area contributed by atoms with Crippen molar-refractivity contribution in [1.82, 2.24) is 10.4 Å². The molecule has 0 saturated heterocycles. The standard InChI is InChI=1S/C25H40N3O9P/c1-23(2,3)34-21(29)25(7,8)27-38(33,37-20-15-11-18(12-16-20)28(31)32)36-19-13-9-17(10-14-19)26-22(30)35-24(4,5)6/h11-12,15-17,19H,9-10,13-14H2,1-8H3,(H,26,30)(H,27,33). The summed E-state index contributed by atoms with van der Waals surface area (Å²) in [7, 11) is -4.20. The minimum atomic E-state index is -4.20. The summed E-state index contributed by atoms with van der Waals surface area (Å²) in [5.41, 5.74) is -3.01. The lowest BCUT2D eigenvalue weighted by Crippen LogP contribution is -2.49. The Kier molecular flexibility index (Phi) is 9.96. The fourth-order valence-corrected chi connectivity index (χ4v) is 5.53. The van der Waals surface area contributed by atoms with Crippen molar-refractivity contribution in [3.63, 3.8) is 0 Å². The molecule has 38 heavy (non-hydrogen) atoms. The van der Waals surface area contributed by atoms with Crippen molar-refractivity contribution in [2.24, 2.45) is 0 Å². The number of non-ortho nitro benzene ring substituents is 1. The Hall–Kier alpha value is -2.69. The van der Waals surface area contributed by atoms with Crippen LogP contribution < -0.4 is 14.9 Å². The third kappa shape index (κ3) is 10.6. The molecule has 12 nitrogen and oxygen atoms in total. The van der Waals surface area contributed by atoms with Crippen molar-refractivity contribution in [1.29, 1.82) is 0 Å². The Morgan fingerprint density at radius 2 is 1.45 bits per heavy atom. The van der Waals surface area contributed by atoms with Gasteiger partial charge in [0.25, 0.3) is 5.69 Å². The maximum absolute atomic E-state index is 14.0. The quantitative estimate of drug-likeness (QED) is 0.168. The number of nitrogens with one attached hydrogen (secondary N) is 2. The van der Waals surface area contributed by atoms with Crippen LogP contribution in [0, 0.1) is 10.1 Å². The predicted octanol–water partition coefficient (Wildman–Crippen LogP) is 5.64. The predicted molar refractivity (Wildman–Crippen MR) is 141 cm³/mol. The van der Waals surface area contributed by atoms with Crippen LogP contribution in [-0.4, -0.2) is 45.9 Å². The van der Waals surface area contributed by atoms with E-state index in [0.717, 1.165) is 0 Å². The molecule has 0 aliphatic heterocycles. The van der Waals surface area contributed by atoms with Gasteiger partial charge in [-0.1, -0.05) is 0 Å². The number of rotatable bonds is 9. The van der Waals surface area contributed by atoms with Gasteiger partial charge in [0.1, 0.15) is 22.5 Å². The van der Waals surface area contributed by atoms with Crippen LogP contribution in [0.1, 0.15) is 81.1 Å². The summed E-state index contributed by atoms with van der Waals surface area (Å²) >= 11 is 0. The highest BCUT2D eigenvalue weighted by Crippen LogP contribution is 2.49. The Morgan fingerprint density at radius 1 is 0.921 bits per heavy atom. The van der Waals surface area contributed by atoms with Crippen LogP contribution in [0.5, 0.6) is 5.75 Å². The van der Waals surface area contributed by atoms with Gasteiger partial charge in [-0.3, -0.25) is 19.4 Å². The van der Waals surface area contributed by atoms with Crippen LogP contribution in [0.3, 0.4) is 0 Å². The number of carbonyl (C=O) groups is 2. The topological polar surface area (TPSA) is 155 Å². The Bertz CT molecular complexity index is 1040. The SMILES string of the molecule is CC(C)(C)OC(=O)NC1CCC(OP(=O)(NC(C)(C)C(=O)OC(C)(C)C)Oc2ccc([N+](=O)[O-])cc2)CC1. The Labute approximate surface area is 223 Å². The maximum atomic E-state index is 14.0. The number of hydrogen-bond donors (Lipinski definition) is 2. The number of nitrogens with zero attached hydrogens (tertiary/aromatic N) is 1. The van der Waals surface area contributed by atoms with Crippen LogP contribution >= 0.6 is 7.75 Å². The second kappa shape index (κ2) is 12.0. The molecule has 1 saturated carbocycles. The van der Waals surface area contributed by atoms with Gasteiger partial charge in [-0.05, 0) is 93.2 Å². The van der Waals surface area contributed by atoms with E-state index in [9.17, 15) is 24.3 Å². The third-order valence-electron chi connectivity index (χ3n) is 5.28. The van der Waals surface area contributed by atoms with E-state index in [-0.39, 0.29) is 17.5 Å². The molecule has 13 heteroatoms. The molecule has 1 aliphatic rings. The third-order valence-corrected chi connectivity index (χ3v) is 7.14. The van der Waals surface area contributed by atoms with Crippen molar-refractivity contribution < 1.29 is 37.6 Å². The van der Waals surface area contributed by atoms with Gasteiger partial charge < -0.3 is 19.3 Å².